The molecule has 1 N–H and O–H groups in total. The molecule has 0 saturated carbocycles. The number of halogens is 1. The highest BCUT2D eigenvalue weighted by molar-refractivity contribution is 6.30. The number of aryl methyl sites for hydroxylation is 1. The second-order valence-corrected chi connectivity index (χ2v) is 4.87. The lowest BCUT2D eigenvalue weighted by Crippen LogP contribution is -2.23. The third-order valence-electron chi connectivity index (χ3n) is 3.08. The van der Waals surface area contributed by atoms with Gasteiger partial charge >= 0.3 is 0 Å². The first-order chi connectivity index (χ1) is 8.66. The van der Waals surface area contributed by atoms with Gasteiger partial charge in [0.25, 0.3) is 0 Å². The van der Waals surface area contributed by atoms with Crippen LogP contribution >= 0.6 is 11.6 Å². The molecule has 1 unspecified atom stereocenters. The van der Waals surface area contributed by atoms with Gasteiger partial charge in [0.2, 0.25) is 0 Å². The minimum Gasteiger partial charge on any atom is -0.309 e. The molecule has 0 saturated heterocycles. The summed E-state index contributed by atoms with van der Waals surface area (Å²) in [4.78, 5) is 0. The van der Waals surface area contributed by atoms with Gasteiger partial charge in [-0.3, -0.25) is 4.68 Å². The molecule has 1 atom stereocenters. The zero-order valence-electron chi connectivity index (χ0n) is 10.7. The van der Waals surface area contributed by atoms with Crippen LogP contribution in [0.2, 0.25) is 5.02 Å². The maximum atomic E-state index is 5.86. The molecule has 0 fully saturated rings. The lowest BCUT2D eigenvalue weighted by Gasteiger charge is -2.14. The molecule has 0 aliphatic rings. The fourth-order valence-corrected chi connectivity index (χ4v) is 2.12. The maximum Gasteiger partial charge on any atom is 0.0547 e. The van der Waals surface area contributed by atoms with Crippen molar-refractivity contribution < 1.29 is 0 Å². The molecule has 0 spiro atoms. The zero-order valence-corrected chi connectivity index (χ0v) is 11.5. The van der Waals surface area contributed by atoms with E-state index in [-0.39, 0.29) is 0 Å². The highest BCUT2D eigenvalue weighted by Gasteiger charge is 2.07. The number of hydrogen-bond acceptors (Lipinski definition) is 2. The molecule has 0 radical (unpaired) electrons. The van der Waals surface area contributed by atoms with Crippen molar-refractivity contribution in [1.29, 1.82) is 0 Å². The molecule has 0 aliphatic carbocycles. The van der Waals surface area contributed by atoms with Crippen molar-refractivity contribution >= 4 is 11.6 Å². The molecule has 0 bridgehead atoms. The molecule has 2 rings (SSSR count). The van der Waals surface area contributed by atoms with Gasteiger partial charge in [-0.15, -0.1) is 0 Å². The second-order valence-electron chi connectivity index (χ2n) is 4.43. The average molecular weight is 264 g/mol. The fourth-order valence-electron chi connectivity index (χ4n) is 2.00. The third kappa shape index (κ3) is 3.34. The Kier molecular flexibility index (Phi) is 4.39. The van der Waals surface area contributed by atoms with Crippen LogP contribution in [-0.2, 0) is 13.5 Å². The van der Waals surface area contributed by atoms with Crippen molar-refractivity contribution in [1.82, 2.24) is 15.1 Å². The Hall–Kier alpha value is -1.32. The van der Waals surface area contributed by atoms with Crippen LogP contribution in [-0.4, -0.2) is 16.3 Å². The molecule has 0 amide bonds. The summed E-state index contributed by atoms with van der Waals surface area (Å²) in [6, 6.07) is 10.4. The zero-order chi connectivity index (χ0) is 13.0. The van der Waals surface area contributed by atoms with Gasteiger partial charge in [-0.2, -0.15) is 5.10 Å². The van der Waals surface area contributed by atoms with Crippen LogP contribution in [0.15, 0.2) is 36.5 Å². The number of hydrogen-bond donors (Lipinski definition) is 1. The molecule has 1 aromatic heterocycles. The predicted molar refractivity (Wildman–Crippen MR) is 74.8 cm³/mol. The first kappa shape index (κ1) is 13.1. The normalized spacial score (nSPS) is 12.6. The second kappa shape index (κ2) is 6.03. The molecular formula is C14H18ClN3. The van der Waals surface area contributed by atoms with E-state index in [2.05, 4.69) is 29.5 Å². The largest absolute Gasteiger partial charge is 0.309 e. The smallest absolute Gasteiger partial charge is 0.0547 e. The van der Waals surface area contributed by atoms with Crippen LogP contribution < -0.4 is 5.32 Å². The van der Waals surface area contributed by atoms with Gasteiger partial charge in [-0.05, 0) is 43.7 Å². The van der Waals surface area contributed by atoms with Crippen LogP contribution in [0.5, 0.6) is 0 Å². The summed E-state index contributed by atoms with van der Waals surface area (Å²) in [5.74, 6) is 0. The minimum absolute atomic E-state index is 0.310. The Balaban J connectivity index is 1.82. The van der Waals surface area contributed by atoms with E-state index < -0.39 is 0 Å². The summed E-state index contributed by atoms with van der Waals surface area (Å²) in [5.41, 5.74) is 2.50. The fraction of sp³-hybridized carbons (Fsp3) is 0.357. The number of nitrogens with zero attached hydrogens (tertiary/aromatic N) is 2. The van der Waals surface area contributed by atoms with E-state index in [1.54, 1.807) is 0 Å². The summed E-state index contributed by atoms with van der Waals surface area (Å²) in [6.45, 7) is 3.09. The lowest BCUT2D eigenvalue weighted by molar-refractivity contribution is 0.533. The van der Waals surface area contributed by atoms with Gasteiger partial charge in [0.1, 0.15) is 0 Å². The minimum atomic E-state index is 0.310. The monoisotopic (exact) mass is 263 g/mol. The van der Waals surface area contributed by atoms with Gasteiger partial charge in [0, 0.05) is 24.3 Å². The first-order valence-corrected chi connectivity index (χ1v) is 6.50. The van der Waals surface area contributed by atoms with Crippen LogP contribution in [0.25, 0.3) is 0 Å². The number of rotatable bonds is 5. The van der Waals surface area contributed by atoms with Crippen molar-refractivity contribution in [3.05, 3.63) is 52.8 Å². The molecule has 3 nitrogen and oxygen atoms in total. The van der Waals surface area contributed by atoms with Gasteiger partial charge in [-0.1, -0.05) is 23.7 Å². The highest BCUT2D eigenvalue weighted by atomic mass is 35.5. The summed E-state index contributed by atoms with van der Waals surface area (Å²) in [7, 11) is 1.96. The van der Waals surface area contributed by atoms with E-state index in [9.17, 15) is 0 Å². The van der Waals surface area contributed by atoms with Crippen LogP contribution in [0.1, 0.15) is 24.2 Å². The molecule has 1 heterocycles. The predicted octanol–water partition coefficient (Wildman–Crippen LogP) is 2.97. The average Bonchev–Trinajstić information content (AvgIpc) is 2.78. The van der Waals surface area contributed by atoms with E-state index in [4.69, 9.17) is 11.6 Å². The third-order valence-corrected chi connectivity index (χ3v) is 3.33. The Morgan fingerprint density at radius 2 is 2.00 bits per heavy atom. The quantitative estimate of drug-likeness (QED) is 0.899. The summed E-state index contributed by atoms with van der Waals surface area (Å²) >= 11 is 5.86. The number of benzene rings is 1. The van der Waals surface area contributed by atoms with E-state index >= 15 is 0 Å². The summed E-state index contributed by atoms with van der Waals surface area (Å²) < 4.78 is 1.90. The topological polar surface area (TPSA) is 29.9 Å². The van der Waals surface area contributed by atoms with Gasteiger partial charge in [0.15, 0.2) is 0 Å². The molecule has 2 aromatic rings. The van der Waals surface area contributed by atoms with Crippen molar-refractivity contribution in [2.24, 2.45) is 7.05 Å². The highest BCUT2D eigenvalue weighted by Crippen LogP contribution is 2.12. The molecule has 96 valence electrons. The van der Waals surface area contributed by atoms with E-state index in [1.807, 2.05) is 36.1 Å². The van der Waals surface area contributed by atoms with Crippen LogP contribution in [0, 0.1) is 0 Å². The number of nitrogens with one attached hydrogen (secondary N) is 1. The standard InChI is InChI=1S/C14H18ClN3/c1-11(14-8-10-17-18(14)2)16-9-7-12-3-5-13(15)6-4-12/h3-6,8,10-11,16H,7,9H2,1-2H3. The lowest BCUT2D eigenvalue weighted by atomic mass is 10.1. The van der Waals surface area contributed by atoms with E-state index in [0.29, 0.717) is 6.04 Å². The van der Waals surface area contributed by atoms with Crippen molar-refractivity contribution in [3.8, 4) is 0 Å². The number of aromatic nitrogens is 2. The van der Waals surface area contributed by atoms with E-state index in [1.165, 1.54) is 11.3 Å². The Morgan fingerprint density at radius 3 is 2.61 bits per heavy atom. The maximum absolute atomic E-state index is 5.86. The Labute approximate surface area is 113 Å². The molecular weight excluding hydrogens is 246 g/mol. The van der Waals surface area contributed by atoms with Crippen LogP contribution in [0.4, 0.5) is 0 Å². The van der Waals surface area contributed by atoms with Crippen molar-refractivity contribution in [2.45, 2.75) is 19.4 Å². The Bertz CT molecular complexity index is 490. The van der Waals surface area contributed by atoms with Crippen LogP contribution in [0.3, 0.4) is 0 Å². The summed E-state index contributed by atoms with van der Waals surface area (Å²) in [5, 5.41) is 8.46. The Morgan fingerprint density at radius 1 is 1.28 bits per heavy atom. The molecule has 1 aromatic carbocycles. The molecule has 0 aliphatic heterocycles. The van der Waals surface area contributed by atoms with Gasteiger partial charge in [0.05, 0.1) is 5.69 Å². The summed E-state index contributed by atoms with van der Waals surface area (Å²) in [6.07, 6.45) is 2.83. The van der Waals surface area contributed by atoms with Gasteiger partial charge < -0.3 is 5.32 Å². The van der Waals surface area contributed by atoms with Gasteiger partial charge in [-0.25, -0.2) is 0 Å². The van der Waals surface area contributed by atoms with Crippen molar-refractivity contribution in [2.75, 3.05) is 6.54 Å². The first-order valence-electron chi connectivity index (χ1n) is 6.12. The van der Waals surface area contributed by atoms with Crippen molar-refractivity contribution in [3.63, 3.8) is 0 Å². The molecule has 18 heavy (non-hydrogen) atoms. The van der Waals surface area contributed by atoms with E-state index in [0.717, 1.165) is 18.0 Å². The SMILES string of the molecule is CC(NCCc1ccc(Cl)cc1)c1ccnn1C. The molecule has 4 heteroatoms.